The molecule has 0 fully saturated rings. The van der Waals surface area contributed by atoms with Gasteiger partial charge in [-0.05, 0) is 17.7 Å². The van der Waals surface area contributed by atoms with Crippen LogP contribution in [0.5, 0.6) is 0 Å². The number of amidine groups is 1. The number of rotatable bonds is 4. The predicted octanol–water partition coefficient (Wildman–Crippen LogP) is 2.11. The third-order valence-corrected chi connectivity index (χ3v) is 4.93. The van der Waals surface area contributed by atoms with E-state index >= 15 is 0 Å². The van der Waals surface area contributed by atoms with Gasteiger partial charge in [0.2, 0.25) is 0 Å². The molecule has 1 atom stereocenters. The van der Waals surface area contributed by atoms with Crippen LogP contribution >= 0.6 is 0 Å². The minimum absolute atomic E-state index is 0.217. The first kappa shape index (κ1) is 14.7. The van der Waals surface area contributed by atoms with E-state index in [1.165, 1.54) is 0 Å². The summed E-state index contributed by atoms with van der Waals surface area (Å²) < 4.78 is 32.0. The summed E-state index contributed by atoms with van der Waals surface area (Å²) in [6, 6.07) is 16.5. The van der Waals surface area contributed by atoms with Gasteiger partial charge in [0.15, 0.2) is 0 Å². The number of methoxy groups -OCH3 is 1. The van der Waals surface area contributed by atoms with Crippen LogP contribution in [0.2, 0.25) is 0 Å². The molecule has 0 amide bonds. The van der Waals surface area contributed by atoms with Gasteiger partial charge in [-0.25, -0.2) is 8.42 Å². The van der Waals surface area contributed by atoms with Gasteiger partial charge in [-0.2, -0.15) is 0 Å². The average Bonchev–Trinajstić information content (AvgIpc) is 2.81. The summed E-state index contributed by atoms with van der Waals surface area (Å²) in [5.41, 5.74) is 1.61. The zero-order valence-electron chi connectivity index (χ0n) is 12.1. The zero-order chi connectivity index (χ0) is 15.6. The number of benzene rings is 2. The minimum atomic E-state index is -3.50. The smallest absolute Gasteiger partial charge is 0.263 e. The Morgan fingerprint density at radius 3 is 2.50 bits per heavy atom. The molecule has 2 aromatic rings. The van der Waals surface area contributed by atoms with E-state index in [4.69, 9.17) is 4.74 Å². The van der Waals surface area contributed by atoms with Crippen molar-refractivity contribution in [2.45, 2.75) is 11.0 Å². The Morgan fingerprint density at radius 1 is 1.09 bits per heavy atom. The largest absolute Gasteiger partial charge is 0.375 e. The van der Waals surface area contributed by atoms with E-state index in [2.05, 4.69) is 9.71 Å². The Bertz CT molecular complexity index is 801. The highest BCUT2D eigenvalue weighted by molar-refractivity contribution is 7.90. The molecule has 0 radical (unpaired) electrons. The van der Waals surface area contributed by atoms with Gasteiger partial charge in [0, 0.05) is 12.7 Å². The number of aliphatic imine (C=N–C) groups is 1. The molecule has 0 saturated heterocycles. The standard InChI is InChI=1S/C16H16N2O3S/c1-21-14(12-7-3-2-4-8-12)11-17-16-13-9-5-6-10-15(13)22(19,20)18-16/h2-10,14H,11H2,1H3,(H,17,18)/t14-/m1/s1. The van der Waals surface area contributed by atoms with Gasteiger partial charge in [0.25, 0.3) is 10.0 Å². The Hall–Kier alpha value is -2.18. The highest BCUT2D eigenvalue weighted by Gasteiger charge is 2.30. The third kappa shape index (κ3) is 2.75. The van der Waals surface area contributed by atoms with E-state index in [0.717, 1.165) is 5.56 Å². The highest BCUT2D eigenvalue weighted by Crippen LogP contribution is 2.23. The van der Waals surface area contributed by atoms with Crippen molar-refractivity contribution in [1.29, 1.82) is 0 Å². The molecule has 1 aliphatic rings. The second-order valence-corrected chi connectivity index (χ2v) is 6.58. The molecule has 22 heavy (non-hydrogen) atoms. The highest BCUT2D eigenvalue weighted by atomic mass is 32.2. The molecular formula is C16H16N2O3S. The lowest BCUT2D eigenvalue weighted by atomic mass is 10.1. The molecule has 1 heterocycles. The van der Waals surface area contributed by atoms with Crippen LogP contribution in [0.15, 0.2) is 64.5 Å². The lowest BCUT2D eigenvalue weighted by Crippen LogP contribution is -2.23. The van der Waals surface area contributed by atoms with Crippen molar-refractivity contribution in [2.24, 2.45) is 4.99 Å². The van der Waals surface area contributed by atoms with Crippen molar-refractivity contribution in [3.8, 4) is 0 Å². The molecular weight excluding hydrogens is 300 g/mol. The molecule has 0 aliphatic carbocycles. The Kier molecular flexibility index (Phi) is 3.96. The summed E-state index contributed by atoms with van der Waals surface area (Å²) in [4.78, 5) is 4.68. The van der Waals surface area contributed by atoms with E-state index in [1.54, 1.807) is 31.4 Å². The maximum atomic E-state index is 12.0. The number of sulfonamides is 1. The molecule has 1 aliphatic heterocycles. The van der Waals surface area contributed by atoms with E-state index in [9.17, 15) is 8.42 Å². The second-order valence-electron chi connectivity index (χ2n) is 4.93. The summed E-state index contributed by atoms with van der Waals surface area (Å²) in [6.45, 7) is 0.340. The van der Waals surface area contributed by atoms with Crippen molar-refractivity contribution in [2.75, 3.05) is 13.7 Å². The first-order valence-electron chi connectivity index (χ1n) is 6.86. The van der Waals surface area contributed by atoms with Gasteiger partial charge in [-0.3, -0.25) is 9.71 Å². The van der Waals surface area contributed by atoms with Gasteiger partial charge < -0.3 is 4.74 Å². The van der Waals surface area contributed by atoms with Crippen molar-refractivity contribution in [3.05, 3.63) is 65.7 Å². The molecule has 0 saturated carbocycles. The van der Waals surface area contributed by atoms with Crippen LogP contribution in [0.3, 0.4) is 0 Å². The second kappa shape index (κ2) is 5.90. The summed E-state index contributed by atoms with van der Waals surface area (Å²) in [7, 11) is -1.88. The lowest BCUT2D eigenvalue weighted by molar-refractivity contribution is 0.111. The molecule has 114 valence electrons. The van der Waals surface area contributed by atoms with Crippen LogP contribution in [0, 0.1) is 0 Å². The first-order chi connectivity index (χ1) is 10.6. The summed E-state index contributed by atoms with van der Waals surface area (Å²) in [5, 5.41) is 0. The lowest BCUT2D eigenvalue weighted by Gasteiger charge is -2.13. The van der Waals surface area contributed by atoms with Crippen molar-refractivity contribution >= 4 is 15.9 Å². The quantitative estimate of drug-likeness (QED) is 0.939. The third-order valence-electron chi connectivity index (χ3n) is 3.53. The van der Waals surface area contributed by atoms with Gasteiger partial charge in [-0.1, -0.05) is 42.5 Å². The maximum absolute atomic E-state index is 12.0. The molecule has 2 aromatic carbocycles. The fourth-order valence-corrected chi connectivity index (χ4v) is 3.66. The topological polar surface area (TPSA) is 67.8 Å². The average molecular weight is 316 g/mol. The number of nitrogens with one attached hydrogen (secondary N) is 1. The predicted molar refractivity (Wildman–Crippen MR) is 84.4 cm³/mol. The van der Waals surface area contributed by atoms with Gasteiger partial charge >= 0.3 is 0 Å². The van der Waals surface area contributed by atoms with Crippen LogP contribution in [-0.4, -0.2) is 27.9 Å². The number of hydrogen-bond acceptors (Lipinski definition) is 4. The van der Waals surface area contributed by atoms with Gasteiger partial charge in [0.05, 0.1) is 11.4 Å². The molecule has 1 N–H and O–H groups in total. The molecule has 0 aromatic heterocycles. The van der Waals surface area contributed by atoms with E-state index in [-0.39, 0.29) is 11.0 Å². The van der Waals surface area contributed by atoms with Crippen molar-refractivity contribution < 1.29 is 13.2 Å². The van der Waals surface area contributed by atoms with Crippen LogP contribution in [-0.2, 0) is 14.8 Å². The summed E-state index contributed by atoms with van der Waals surface area (Å²) in [6.07, 6.45) is -0.217. The molecule has 0 bridgehead atoms. The Balaban J connectivity index is 1.88. The Labute approximate surface area is 129 Å². The van der Waals surface area contributed by atoms with Gasteiger partial charge in [-0.15, -0.1) is 0 Å². The number of fused-ring (bicyclic) bond motifs is 1. The molecule has 0 unspecified atom stereocenters. The van der Waals surface area contributed by atoms with Crippen LogP contribution in [0.25, 0.3) is 0 Å². The van der Waals surface area contributed by atoms with Crippen molar-refractivity contribution in [1.82, 2.24) is 4.72 Å². The fraction of sp³-hybridized carbons (Fsp3) is 0.188. The summed E-state index contributed by atoms with van der Waals surface area (Å²) >= 11 is 0. The van der Waals surface area contributed by atoms with Crippen LogP contribution in [0.4, 0.5) is 0 Å². The first-order valence-corrected chi connectivity index (χ1v) is 8.34. The zero-order valence-corrected chi connectivity index (χ0v) is 12.9. The fourth-order valence-electron chi connectivity index (χ4n) is 2.41. The SMILES string of the molecule is CO[C@H](CN=C1NS(=O)(=O)c2ccccc21)c1ccccc1. The number of hydrogen-bond donors (Lipinski definition) is 1. The number of ether oxygens (including phenoxy) is 1. The maximum Gasteiger partial charge on any atom is 0.263 e. The number of nitrogens with zero attached hydrogens (tertiary/aromatic N) is 1. The van der Waals surface area contributed by atoms with Crippen LogP contribution in [0.1, 0.15) is 17.2 Å². The van der Waals surface area contributed by atoms with Crippen LogP contribution < -0.4 is 4.72 Å². The molecule has 3 rings (SSSR count). The molecule has 5 nitrogen and oxygen atoms in total. The van der Waals surface area contributed by atoms with E-state index < -0.39 is 10.0 Å². The molecule has 0 spiro atoms. The normalized spacial score (nSPS) is 18.7. The van der Waals surface area contributed by atoms with E-state index in [1.807, 2.05) is 30.3 Å². The Morgan fingerprint density at radius 2 is 1.77 bits per heavy atom. The molecule has 6 heteroatoms. The summed E-state index contributed by atoms with van der Waals surface area (Å²) in [5.74, 6) is 0.369. The van der Waals surface area contributed by atoms with Crippen molar-refractivity contribution in [3.63, 3.8) is 0 Å². The van der Waals surface area contributed by atoms with E-state index in [0.29, 0.717) is 17.9 Å². The minimum Gasteiger partial charge on any atom is -0.375 e. The van der Waals surface area contributed by atoms with Gasteiger partial charge in [0.1, 0.15) is 11.9 Å². The monoisotopic (exact) mass is 316 g/mol.